The second-order valence-electron chi connectivity index (χ2n) is 2.34. The van der Waals surface area contributed by atoms with Gasteiger partial charge in [-0.2, -0.15) is 0 Å². The van der Waals surface area contributed by atoms with Gasteiger partial charge in [0.25, 0.3) is 0 Å². The van der Waals surface area contributed by atoms with Gasteiger partial charge >= 0.3 is 0 Å². The van der Waals surface area contributed by atoms with E-state index in [9.17, 15) is 0 Å². The van der Waals surface area contributed by atoms with E-state index in [4.69, 9.17) is 0 Å². The highest BCUT2D eigenvalue weighted by molar-refractivity contribution is 8.93. The van der Waals surface area contributed by atoms with Crippen LogP contribution >= 0.6 is 17.0 Å². The Kier molecular flexibility index (Phi) is 2.29. The van der Waals surface area contributed by atoms with Gasteiger partial charge in [-0.3, -0.25) is 0 Å². The fourth-order valence-electron chi connectivity index (χ4n) is 1.10. The lowest BCUT2D eigenvalue weighted by Gasteiger charge is -1.91. The molecule has 11 heavy (non-hydrogen) atoms. The van der Waals surface area contributed by atoms with Crippen LogP contribution in [-0.2, 0) is 7.05 Å². The predicted molar refractivity (Wildman–Crippen MR) is 51.0 cm³/mol. The highest BCUT2D eigenvalue weighted by Crippen LogP contribution is 2.09. The zero-order valence-corrected chi connectivity index (χ0v) is 7.90. The fraction of sp³-hybridized carbons (Fsp3) is 0.125. The normalized spacial score (nSPS) is 9.55. The monoisotopic (exact) mass is 212 g/mol. The Morgan fingerprint density at radius 2 is 2.18 bits per heavy atom. The van der Waals surface area contributed by atoms with E-state index in [0.29, 0.717) is 0 Å². The molecule has 0 unspecified atom stereocenters. The number of pyridine rings is 1. The number of fused-ring (bicyclic) bond motifs is 1. The molecule has 3 heteroatoms. The Labute approximate surface area is 75.6 Å². The minimum atomic E-state index is 0. The lowest BCUT2D eigenvalue weighted by atomic mass is 10.3. The third-order valence-corrected chi connectivity index (χ3v) is 1.63. The number of rotatable bonds is 0. The summed E-state index contributed by atoms with van der Waals surface area (Å²) in [5, 5.41) is 1.20. The number of halogens is 1. The van der Waals surface area contributed by atoms with Gasteiger partial charge in [0, 0.05) is 24.8 Å². The SMILES string of the molecule is Br.Cn1ccc2cccnc21. The molecule has 2 heterocycles. The summed E-state index contributed by atoms with van der Waals surface area (Å²) in [7, 11) is 2.00. The van der Waals surface area contributed by atoms with Crippen molar-refractivity contribution in [3.05, 3.63) is 30.6 Å². The maximum absolute atomic E-state index is 4.20. The van der Waals surface area contributed by atoms with Crippen molar-refractivity contribution in [2.75, 3.05) is 0 Å². The average Bonchev–Trinajstić information content (AvgIpc) is 2.34. The predicted octanol–water partition coefficient (Wildman–Crippen LogP) is 2.15. The van der Waals surface area contributed by atoms with Gasteiger partial charge in [0.2, 0.25) is 0 Å². The van der Waals surface area contributed by atoms with Crippen LogP contribution < -0.4 is 0 Å². The Balaban J connectivity index is 0.000000605. The van der Waals surface area contributed by atoms with Crippen LogP contribution in [0, 0.1) is 0 Å². The van der Waals surface area contributed by atoms with Crippen LogP contribution in [0.15, 0.2) is 30.6 Å². The van der Waals surface area contributed by atoms with Crippen molar-refractivity contribution < 1.29 is 0 Å². The van der Waals surface area contributed by atoms with Crippen molar-refractivity contribution in [1.82, 2.24) is 9.55 Å². The van der Waals surface area contributed by atoms with Crippen LogP contribution in [0.2, 0.25) is 0 Å². The van der Waals surface area contributed by atoms with E-state index < -0.39 is 0 Å². The van der Waals surface area contributed by atoms with Gasteiger partial charge in [0.1, 0.15) is 5.65 Å². The third-order valence-electron chi connectivity index (χ3n) is 1.63. The first kappa shape index (κ1) is 8.27. The van der Waals surface area contributed by atoms with Crippen molar-refractivity contribution in [1.29, 1.82) is 0 Å². The summed E-state index contributed by atoms with van der Waals surface area (Å²) in [5.41, 5.74) is 1.04. The van der Waals surface area contributed by atoms with E-state index in [0.717, 1.165) is 5.65 Å². The van der Waals surface area contributed by atoms with Crippen molar-refractivity contribution in [2.45, 2.75) is 0 Å². The van der Waals surface area contributed by atoms with Gasteiger partial charge in [-0.1, -0.05) is 0 Å². The van der Waals surface area contributed by atoms with E-state index in [1.165, 1.54) is 5.39 Å². The van der Waals surface area contributed by atoms with E-state index in [1.54, 1.807) is 0 Å². The quantitative estimate of drug-likeness (QED) is 0.655. The lowest BCUT2D eigenvalue weighted by molar-refractivity contribution is 0.948. The van der Waals surface area contributed by atoms with Crippen LogP contribution in [0.25, 0.3) is 11.0 Å². The molecule has 0 saturated heterocycles. The van der Waals surface area contributed by atoms with Gasteiger partial charge in [0.15, 0.2) is 0 Å². The summed E-state index contributed by atoms with van der Waals surface area (Å²) in [4.78, 5) is 4.20. The molecule has 0 aliphatic carbocycles. The maximum Gasteiger partial charge on any atom is 0.139 e. The first-order valence-electron chi connectivity index (χ1n) is 3.24. The van der Waals surface area contributed by atoms with Crippen molar-refractivity contribution in [3.63, 3.8) is 0 Å². The first-order chi connectivity index (χ1) is 4.88. The van der Waals surface area contributed by atoms with Gasteiger partial charge < -0.3 is 4.57 Å². The summed E-state index contributed by atoms with van der Waals surface area (Å²) >= 11 is 0. The number of hydrogen-bond acceptors (Lipinski definition) is 1. The van der Waals surface area contributed by atoms with Gasteiger partial charge in [-0.15, -0.1) is 17.0 Å². The second kappa shape index (κ2) is 3.05. The number of nitrogens with zero attached hydrogens (tertiary/aromatic N) is 2. The molecular weight excluding hydrogens is 204 g/mol. The summed E-state index contributed by atoms with van der Waals surface area (Å²) in [6.45, 7) is 0. The molecule has 0 aliphatic heterocycles. The van der Waals surface area contributed by atoms with Crippen LogP contribution in [-0.4, -0.2) is 9.55 Å². The largest absolute Gasteiger partial charge is 0.336 e. The molecule has 0 radical (unpaired) electrons. The van der Waals surface area contributed by atoms with E-state index >= 15 is 0 Å². The molecule has 0 aliphatic rings. The van der Waals surface area contributed by atoms with Crippen LogP contribution in [0.5, 0.6) is 0 Å². The number of aryl methyl sites for hydroxylation is 1. The summed E-state index contributed by atoms with van der Waals surface area (Å²) in [6.07, 6.45) is 3.82. The molecule has 2 nitrogen and oxygen atoms in total. The highest BCUT2D eigenvalue weighted by atomic mass is 79.9. The summed E-state index contributed by atoms with van der Waals surface area (Å²) < 4.78 is 2.01. The molecule has 0 atom stereocenters. The molecule has 2 rings (SSSR count). The van der Waals surface area contributed by atoms with E-state index in [-0.39, 0.29) is 17.0 Å². The zero-order valence-electron chi connectivity index (χ0n) is 6.19. The standard InChI is InChI=1S/C8H8N2.BrH/c1-10-6-4-7-3-2-5-9-8(7)10;/h2-6H,1H3;1H. The van der Waals surface area contributed by atoms with Crippen molar-refractivity contribution in [2.24, 2.45) is 7.05 Å². The Morgan fingerprint density at radius 1 is 1.36 bits per heavy atom. The van der Waals surface area contributed by atoms with E-state index in [2.05, 4.69) is 17.1 Å². The molecular formula is C8H9BrN2. The summed E-state index contributed by atoms with van der Waals surface area (Å²) in [5.74, 6) is 0. The van der Waals surface area contributed by atoms with Gasteiger partial charge in [-0.25, -0.2) is 4.98 Å². The second-order valence-corrected chi connectivity index (χ2v) is 2.34. The van der Waals surface area contributed by atoms with Gasteiger partial charge in [0.05, 0.1) is 0 Å². The van der Waals surface area contributed by atoms with Crippen LogP contribution in [0.3, 0.4) is 0 Å². The Morgan fingerprint density at radius 3 is 2.91 bits per heavy atom. The molecule has 0 bridgehead atoms. The Bertz CT molecular complexity index is 354. The minimum Gasteiger partial charge on any atom is -0.336 e. The smallest absolute Gasteiger partial charge is 0.139 e. The molecule has 0 spiro atoms. The lowest BCUT2D eigenvalue weighted by Crippen LogP contribution is -1.85. The highest BCUT2D eigenvalue weighted by Gasteiger charge is 1.93. The van der Waals surface area contributed by atoms with Crippen LogP contribution in [0.4, 0.5) is 0 Å². The molecule has 2 aromatic rings. The minimum absolute atomic E-state index is 0. The number of aromatic nitrogens is 2. The first-order valence-corrected chi connectivity index (χ1v) is 3.24. The maximum atomic E-state index is 4.20. The Hall–Kier alpha value is -0.830. The molecule has 0 saturated carbocycles. The molecule has 2 aromatic heterocycles. The third kappa shape index (κ3) is 1.28. The molecule has 58 valence electrons. The molecule has 0 fully saturated rings. The number of hydrogen-bond donors (Lipinski definition) is 0. The topological polar surface area (TPSA) is 17.8 Å². The summed E-state index contributed by atoms with van der Waals surface area (Å²) in [6, 6.07) is 6.06. The van der Waals surface area contributed by atoms with Crippen LogP contribution in [0.1, 0.15) is 0 Å². The molecule has 0 aromatic carbocycles. The average molecular weight is 213 g/mol. The van der Waals surface area contributed by atoms with Crippen molar-refractivity contribution >= 4 is 28.0 Å². The fourth-order valence-corrected chi connectivity index (χ4v) is 1.10. The molecule has 0 amide bonds. The zero-order chi connectivity index (χ0) is 6.97. The van der Waals surface area contributed by atoms with Gasteiger partial charge in [-0.05, 0) is 18.2 Å². The molecule has 0 N–H and O–H groups in total. The van der Waals surface area contributed by atoms with E-state index in [1.807, 2.05) is 30.1 Å². The van der Waals surface area contributed by atoms with Crippen molar-refractivity contribution in [3.8, 4) is 0 Å².